The molecule has 0 unspecified atom stereocenters. The van der Waals surface area contributed by atoms with Crippen molar-refractivity contribution in [2.75, 3.05) is 6.61 Å². The number of carboxylic acid groups (broad SMARTS) is 1. The van der Waals surface area contributed by atoms with Crippen molar-refractivity contribution in [2.24, 2.45) is 0 Å². The van der Waals surface area contributed by atoms with Crippen molar-refractivity contribution in [2.45, 2.75) is 13.8 Å². The van der Waals surface area contributed by atoms with Gasteiger partial charge in [-0.25, -0.2) is 0 Å². The van der Waals surface area contributed by atoms with Gasteiger partial charge in [-0.2, -0.15) is 0 Å². The highest BCUT2D eigenvalue weighted by Gasteiger charge is 1.96. The van der Waals surface area contributed by atoms with E-state index in [2.05, 4.69) is 4.74 Å². The van der Waals surface area contributed by atoms with Gasteiger partial charge in [-0.3, -0.25) is 14.4 Å². The molecule has 0 spiro atoms. The number of halogens is 1. The van der Waals surface area contributed by atoms with Crippen molar-refractivity contribution >= 4 is 28.8 Å². The number of carbonyl (C=O) groups is 3. The van der Waals surface area contributed by atoms with E-state index < -0.39 is 17.2 Å². The van der Waals surface area contributed by atoms with E-state index in [9.17, 15) is 9.59 Å². The minimum Gasteiger partial charge on any atom is -0.481 e. The van der Waals surface area contributed by atoms with Gasteiger partial charge in [-0.05, 0) is 11.6 Å². The molecule has 0 aromatic rings. The van der Waals surface area contributed by atoms with Gasteiger partial charge < -0.3 is 9.84 Å². The number of ether oxygens (including phenoxy) is 1. The summed E-state index contributed by atoms with van der Waals surface area (Å²) in [5.74, 6) is -1.33. The summed E-state index contributed by atoms with van der Waals surface area (Å²) in [5, 5.41) is 6.75. The molecular formula is C6H9ClO5. The number of rotatable bonds is 2. The fourth-order valence-corrected chi connectivity index (χ4v) is 0.213. The second-order valence-corrected chi connectivity index (χ2v) is 2.08. The van der Waals surface area contributed by atoms with E-state index >= 15 is 0 Å². The van der Waals surface area contributed by atoms with Crippen molar-refractivity contribution in [1.29, 1.82) is 0 Å². The van der Waals surface area contributed by atoms with Crippen LogP contribution in [0.5, 0.6) is 0 Å². The van der Waals surface area contributed by atoms with E-state index in [1.807, 2.05) is 0 Å². The summed E-state index contributed by atoms with van der Waals surface area (Å²) in [6.07, 6.45) is 0. The molecule has 0 aromatic carbocycles. The van der Waals surface area contributed by atoms with Crippen molar-refractivity contribution in [1.82, 2.24) is 0 Å². The molecule has 0 aliphatic rings. The van der Waals surface area contributed by atoms with Crippen LogP contribution in [0.2, 0.25) is 0 Å². The third-order valence-electron chi connectivity index (χ3n) is 0.389. The van der Waals surface area contributed by atoms with E-state index in [1.165, 1.54) is 6.92 Å². The number of carboxylic acids is 1. The zero-order valence-electron chi connectivity index (χ0n) is 6.67. The van der Waals surface area contributed by atoms with Crippen LogP contribution in [0.15, 0.2) is 0 Å². The van der Waals surface area contributed by atoms with Crippen molar-refractivity contribution in [3.05, 3.63) is 0 Å². The summed E-state index contributed by atoms with van der Waals surface area (Å²) in [6, 6.07) is 0. The van der Waals surface area contributed by atoms with Gasteiger partial charge in [0.25, 0.3) is 11.2 Å². The Hall–Kier alpha value is -1.10. The van der Waals surface area contributed by atoms with Crippen LogP contribution >= 0.6 is 11.6 Å². The predicted octanol–water partition coefficient (Wildman–Crippen LogP) is 0.406. The average molecular weight is 197 g/mol. The highest BCUT2D eigenvalue weighted by molar-refractivity contribution is 6.64. The summed E-state index contributed by atoms with van der Waals surface area (Å²) < 4.78 is 4.18. The van der Waals surface area contributed by atoms with E-state index in [4.69, 9.17) is 21.5 Å². The van der Waals surface area contributed by atoms with Gasteiger partial charge in [-0.1, -0.05) is 0 Å². The zero-order valence-corrected chi connectivity index (χ0v) is 7.42. The number of carbonyl (C=O) groups excluding carboxylic acids is 2. The lowest BCUT2D eigenvalue weighted by atomic mass is 10.7. The number of hydrogen-bond acceptors (Lipinski definition) is 4. The monoisotopic (exact) mass is 196 g/mol. The van der Waals surface area contributed by atoms with Crippen LogP contribution in [0.4, 0.5) is 0 Å². The number of aliphatic carboxylic acids is 1. The first-order chi connectivity index (χ1) is 5.36. The van der Waals surface area contributed by atoms with E-state index in [-0.39, 0.29) is 6.61 Å². The van der Waals surface area contributed by atoms with Gasteiger partial charge >= 0.3 is 5.97 Å². The molecule has 0 rings (SSSR count). The Bertz CT molecular complexity index is 159. The molecule has 0 fully saturated rings. The highest BCUT2D eigenvalue weighted by Crippen LogP contribution is 1.81. The molecule has 0 aromatic heterocycles. The molecule has 6 heteroatoms. The maximum absolute atomic E-state index is 9.92. The highest BCUT2D eigenvalue weighted by atomic mass is 35.5. The van der Waals surface area contributed by atoms with Gasteiger partial charge in [0.2, 0.25) is 0 Å². The van der Waals surface area contributed by atoms with Crippen LogP contribution in [-0.2, 0) is 19.1 Å². The Labute approximate surface area is 74.3 Å². The summed E-state index contributed by atoms with van der Waals surface area (Å²) in [6.45, 7) is 1.96. The minimum atomic E-state index is -0.833. The molecule has 0 aliphatic heterocycles. The van der Waals surface area contributed by atoms with Gasteiger partial charge in [0.15, 0.2) is 6.61 Å². The minimum absolute atomic E-state index is 0.336. The average Bonchev–Trinajstić information content (AvgIpc) is 1.82. The first kappa shape index (κ1) is 13.5. The lowest BCUT2D eigenvalue weighted by molar-refractivity contribution is -0.143. The fourth-order valence-electron chi connectivity index (χ4n) is 0.158. The van der Waals surface area contributed by atoms with Crippen LogP contribution in [0, 0.1) is 0 Å². The number of esters is 1. The van der Waals surface area contributed by atoms with Crippen LogP contribution in [0.3, 0.4) is 0 Å². The topological polar surface area (TPSA) is 80.7 Å². The van der Waals surface area contributed by atoms with Crippen molar-refractivity contribution in [3.63, 3.8) is 0 Å². The first-order valence-electron chi connectivity index (χ1n) is 2.87. The van der Waals surface area contributed by atoms with Gasteiger partial charge in [0.1, 0.15) is 0 Å². The summed E-state index contributed by atoms with van der Waals surface area (Å²) >= 11 is 4.81. The quantitative estimate of drug-likeness (QED) is 0.511. The van der Waals surface area contributed by atoms with Crippen LogP contribution < -0.4 is 0 Å². The maximum atomic E-state index is 9.92. The molecule has 1 N–H and O–H groups in total. The molecule has 0 amide bonds. The molecule has 0 bridgehead atoms. The summed E-state index contributed by atoms with van der Waals surface area (Å²) in [4.78, 5) is 28.8. The molecule has 0 aliphatic carbocycles. The number of hydrogen-bond donors (Lipinski definition) is 1. The smallest absolute Gasteiger partial charge is 0.303 e. The second kappa shape index (κ2) is 8.00. The third-order valence-corrected chi connectivity index (χ3v) is 0.498. The first-order valence-corrected chi connectivity index (χ1v) is 3.25. The SMILES string of the molecule is CC(=O)O.CC(=O)OCC(=O)Cl. The Balaban J connectivity index is 0. The summed E-state index contributed by atoms with van der Waals surface area (Å²) in [5.41, 5.74) is 0. The molecule has 12 heavy (non-hydrogen) atoms. The Morgan fingerprint density at radius 2 is 1.67 bits per heavy atom. The van der Waals surface area contributed by atoms with Gasteiger partial charge in [-0.15, -0.1) is 0 Å². The Kier molecular flexibility index (Phi) is 8.99. The van der Waals surface area contributed by atoms with Gasteiger partial charge in [0, 0.05) is 13.8 Å². The molecule has 0 atom stereocenters. The lowest BCUT2D eigenvalue weighted by Gasteiger charge is -1.92. The lowest BCUT2D eigenvalue weighted by Crippen LogP contribution is -2.05. The third kappa shape index (κ3) is 36.5. The van der Waals surface area contributed by atoms with E-state index in [1.54, 1.807) is 0 Å². The normalized spacial score (nSPS) is 7.58. The maximum Gasteiger partial charge on any atom is 0.303 e. The molecule has 0 radical (unpaired) electrons. The van der Waals surface area contributed by atoms with Crippen molar-refractivity contribution in [3.8, 4) is 0 Å². The molecule has 0 saturated carbocycles. The molecular weight excluding hydrogens is 188 g/mol. The van der Waals surface area contributed by atoms with Crippen molar-refractivity contribution < 1.29 is 24.2 Å². The molecule has 0 heterocycles. The molecule has 0 saturated heterocycles. The summed E-state index contributed by atoms with van der Waals surface area (Å²) in [7, 11) is 0. The van der Waals surface area contributed by atoms with Crippen LogP contribution in [0.25, 0.3) is 0 Å². The van der Waals surface area contributed by atoms with E-state index in [0.29, 0.717) is 0 Å². The predicted molar refractivity (Wildman–Crippen MR) is 40.8 cm³/mol. The largest absolute Gasteiger partial charge is 0.481 e. The standard InChI is InChI=1S/C4H5ClO3.C2H4O2/c1-3(6)8-2-4(5)7;1-2(3)4/h2H2,1H3;1H3,(H,3,4). The molecule has 70 valence electrons. The van der Waals surface area contributed by atoms with E-state index in [0.717, 1.165) is 6.92 Å². The second-order valence-electron chi connectivity index (χ2n) is 1.65. The molecule has 5 nitrogen and oxygen atoms in total. The fraction of sp³-hybridized carbons (Fsp3) is 0.500. The Morgan fingerprint density at radius 1 is 1.33 bits per heavy atom. The van der Waals surface area contributed by atoms with Gasteiger partial charge in [0.05, 0.1) is 0 Å². The Morgan fingerprint density at radius 3 is 1.75 bits per heavy atom. The van der Waals surface area contributed by atoms with Crippen LogP contribution in [-0.4, -0.2) is 28.9 Å². The van der Waals surface area contributed by atoms with Crippen LogP contribution in [0.1, 0.15) is 13.8 Å². The zero-order chi connectivity index (χ0) is 10.1.